The van der Waals surface area contributed by atoms with Gasteiger partial charge in [-0.05, 0) is 178 Å². The van der Waals surface area contributed by atoms with Crippen molar-refractivity contribution in [2.75, 3.05) is 297 Å². The SMILES string of the molecule is CC(C)(C)OCCOCCOCCOc1cc(COc2cc(COC(=O)CN(CCN(CCN(CC(=O)O)CC(=O)O)CC(=O)O)CC(=O)O)cc(OCc3cc(OCCOCCOCCOC(C)(C)C)c(OCCOCCOCCOC(C)(C)C)c(OCCOCCOCCOC(C)(C)C)c3)c2)cc(OCCOCCOCCOC(C)(C)C)c1OCCOCCOCCOC(C)(C)C.[Mn+2].[Na+].[Na+]. The maximum Gasteiger partial charge on any atom is 2.00 e. The van der Waals surface area contributed by atoms with Crippen LogP contribution in [0.4, 0.5) is 0 Å². The molecule has 1 radical (unpaired) electrons. The van der Waals surface area contributed by atoms with E-state index in [1.807, 2.05) is 125 Å². The van der Waals surface area contributed by atoms with Crippen LogP contribution in [0.25, 0.3) is 0 Å². The van der Waals surface area contributed by atoms with Crippen LogP contribution >= 0.6 is 0 Å². The molecular weight excluding hydrogens is 1860 g/mol. The topological polar surface area (TPSA) is 425 Å². The van der Waals surface area contributed by atoms with E-state index in [0.29, 0.717) is 136 Å². The first-order valence-electron chi connectivity index (χ1n) is 46.0. The van der Waals surface area contributed by atoms with Crippen molar-refractivity contribution in [1.82, 2.24) is 14.7 Å². The van der Waals surface area contributed by atoms with E-state index < -0.39 is 69.2 Å². The van der Waals surface area contributed by atoms with E-state index in [4.69, 9.17) is 128 Å². The largest absolute Gasteiger partial charge is 2.00 e. The molecule has 3 aromatic carbocycles. The van der Waals surface area contributed by atoms with Gasteiger partial charge in [0.15, 0.2) is 23.0 Å². The molecule has 42 heteroatoms. The van der Waals surface area contributed by atoms with Gasteiger partial charge >= 0.3 is 106 Å². The zero-order valence-electron chi connectivity index (χ0n) is 85.6. The quantitative estimate of drug-likeness (QED) is 0.0357. The number of hydrogen-bond acceptors (Lipinski definition) is 35. The minimum atomic E-state index is -1.31. The van der Waals surface area contributed by atoms with Gasteiger partial charge in [0.2, 0.25) is 11.5 Å². The smallest absolute Gasteiger partial charge is 0.489 e. The van der Waals surface area contributed by atoms with Gasteiger partial charge in [0, 0.05) is 32.2 Å². The maximum absolute atomic E-state index is 14.1. The van der Waals surface area contributed by atoms with Crippen molar-refractivity contribution in [3.8, 4) is 46.0 Å². The Bertz CT molecular complexity index is 3330. The number of nitrogens with zero attached hydrogens (tertiary/aromatic N) is 3. The molecule has 0 aromatic heterocycles. The van der Waals surface area contributed by atoms with Gasteiger partial charge in [0.05, 0.1) is 265 Å². The molecule has 0 fully saturated rings. The summed E-state index contributed by atoms with van der Waals surface area (Å²) in [6.07, 6.45) is 0. The van der Waals surface area contributed by atoms with Crippen LogP contribution in [0, 0.1) is 0 Å². The van der Waals surface area contributed by atoms with Gasteiger partial charge in [-0.15, -0.1) is 0 Å². The molecule has 0 saturated heterocycles. The van der Waals surface area contributed by atoms with E-state index in [1.165, 1.54) is 9.80 Å². The number of carboxylic acids is 4. The van der Waals surface area contributed by atoms with E-state index >= 15 is 0 Å². The summed E-state index contributed by atoms with van der Waals surface area (Å²) in [5.74, 6) is -4.05. The summed E-state index contributed by atoms with van der Waals surface area (Å²) < 4.78 is 163. The molecular formula is C95H161MnN3Na2O36+4. The van der Waals surface area contributed by atoms with Crippen LogP contribution in [0.5, 0.6) is 46.0 Å². The summed E-state index contributed by atoms with van der Waals surface area (Å²) in [6.45, 7) is 40.8. The molecule has 0 spiro atoms. The van der Waals surface area contributed by atoms with E-state index in [0.717, 1.165) is 4.90 Å². The second kappa shape index (κ2) is 76.7. The maximum atomic E-state index is 14.1. The fourth-order valence-electron chi connectivity index (χ4n) is 11.4. The molecule has 0 aliphatic carbocycles. The first-order valence-corrected chi connectivity index (χ1v) is 46.0. The van der Waals surface area contributed by atoms with Crippen molar-refractivity contribution >= 4 is 29.8 Å². The van der Waals surface area contributed by atoms with E-state index in [-0.39, 0.29) is 314 Å². The summed E-state index contributed by atoms with van der Waals surface area (Å²) in [6, 6.07) is 11.9. The van der Waals surface area contributed by atoms with Crippen LogP contribution in [0.1, 0.15) is 141 Å². The monoisotopic (exact) mass is 2020 g/mol. The fourth-order valence-corrected chi connectivity index (χ4v) is 11.4. The van der Waals surface area contributed by atoms with Crippen molar-refractivity contribution in [2.45, 2.75) is 178 Å². The predicted molar refractivity (Wildman–Crippen MR) is 495 cm³/mol. The number of esters is 1. The van der Waals surface area contributed by atoms with Gasteiger partial charge < -0.3 is 148 Å². The number of ether oxygens (including phenoxy) is 27. The fraction of sp³-hybridized carbons (Fsp3) is 0.758. The zero-order chi connectivity index (χ0) is 99.0. The molecule has 3 aromatic rings. The van der Waals surface area contributed by atoms with Crippen LogP contribution in [0.15, 0.2) is 42.5 Å². The molecule has 137 heavy (non-hydrogen) atoms. The summed E-state index contributed by atoms with van der Waals surface area (Å²) in [5, 5.41) is 38.8. The van der Waals surface area contributed by atoms with Gasteiger partial charge in [-0.25, -0.2) is 0 Å². The number of carbonyl (C=O) groups is 5. The minimum Gasteiger partial charge on any atom is -0.489 e. The third-order valence-corrected chi connectivity index (χ3v) is 17.3. The van der Waals surface area contributed by atoms with Gasteiger partial charge in [0.25, 0.3) is 0 Å². The summed E-state index contributed by atoms with van der Waals surface area (Å²) in [5.41, 5.74) is -0.458. The summed E-state index contributed by atoms with van der Waals surface area (Å²) >= 11 is 0. The van der Waals surface area contributed by atoms with Crippen LogP contribution in [-0.4, -0.2) is 395 Å². The molecule has 0 saturated carbocycles. The van der Waals surface area contributed by atoms with E-state index in [1.54, 1.807) is 42.5 Å². The first kappa shape index (κ1) is 132. The van der Waals surface area contributed by atoms with Crippen LogP contribution in [0.2, 0.25) is 0 Å². The predicted octanol–water partition coefficient (Wildman–Crippen LogP) is 3.50. The van der Waals surface area contributed by atoms with Crippen LogP contribution in [-0.2, 0) is 151 Å². The number of hydrogen-bond donors (Lipinski definition) is 4. The molecule has 3 rings (SSSR count). The Morgan fingerprint density at radius 3 is 0.650 bits per heavy atom. The van der Waals surface area contributed by atoms with Gasteiger partial charge in [-0.2, -0.15) is 0 Å². The molecule has 0 unspecified atom stereocenters. The molecule has 0 bridgehead atoms. The molecule has 4 N–H and O–H groups in total. The number of benzene rings is 3. The molecule has 0 heterocycles. The number of carbonyl (C=O) groups excluding carboxylic acids is 1. The average molecular weight is 2020 g/mol. The molecule has 0 amide bonds. The molecule has 0 aliphatic rings. The average Bonchev–Trinajstić information content (AvgIpc) is 0.820. The van der Waals surface area contributed by atoms with Gasteiger partial charge in [0.1, 0.15) is 71.0 Å². The third kappa shape index (κ3) is 77.3. The number of rotatable bonds is 84. The molecule has 777 valence electrons. The summed E-state index contributed by atoms with van der Waals surface area (Å²) in [7, 11) is 0. The second-order valence-corrected chi connectivity index (χ2v) is 36.4. The van der Waals surface area contributed by atoms with Crippen molar-refractivity contribution in [1.29, 1.82) is 0 Å². The van der Waals surface area contributed by atoms with Crippen molar-refractivity contribution in [3.05, 3.63) is 59.2 Å². The Labute approximate surface area is 866 Å². The van der Waals surface area contributed by atoms with Crippen molar-refractivity contribution in [3.63, 3.8) is 0 Å². The third-order valence-electron chi connectivity index (χ3n) is 17.3. The molecule has 0 atom stereocenters. The second-order valence-electron chi connectivity index (χ2n) is 36.4. The van der Waals surface area contributed by atoms with E-state index in [9.17, 15) is 44.4 Å². The minimum absolute atomic E-state index is 0. The summed E-state index contributed by atoms with van der Waals surface area (Å²) in [4.78, 5) is 65.4. The van der Waals surface area contributed by atoms with E-state index in [2.05, 4.69) is 0 Å². The Balaban J connectivity index is 0.0000617. The molecule has 39 nitrogen and oxygen atoms in total. The Morgan fingerprint density at radius 1 is 0.234 bits per heavy atom. The Hall–Kier alpha value is -4.91. The Morgan fingerprint density at radius 2 is 0.423 bits per heavy atom. The van der Waals surface area contributed by atoms with Crippen LogP contribution < -0.4 is 97.0 Å². The van der Waals surface area contributed by atoms with Gasteiger partial charge in [-0.1, -0.05) is 0 Å². The Kier molecular flexibility index (Phi) is 73.9. The van der Waals surface area contributed by atoms with Gasteiger partial charge in [-0.3, -0.25) is 38.7 Å². The van der Waals surface area contributed by atoms with Crippen molar-refractivity contribution in [2.24, 2.45) is 0 Å². The standard InChI is InChI=1S/C95H161N3O36.Mn.2Na/c1-90(2,3)129-53-41-114-29-23-108-35-47-120-79-61-75(62-80(121-48-36-109-24-30-115-42-54-130-91(4,5)6)88(79)124-51-39-112-27-33-118-45-57-133-94(13,14)15)71-126-77-59-74(73-128-87(107)70-98(69-86(105)106)22-20-96(66-83(99)100)19-21-97(67-84(101)102)68-85(103)104)60-78(65-77)127-72-76-63-81(122-49-37-110-25-31-116-43-55-131-92(7,8)9)89(125-52-40-113-28-34-119-46-58-134-95(16,17)18)82(64-76)123-50-38-111-26-32-117-44-56-132-93(10,11)12;;;/h59-65H,19-58,66-73H2,1-18H3,(H,99,100)(H,101,102)(H,103,104)(H,105,106);;;/q;+2;2*+1. The number of aliphatic carboxylic acids is 4. The molecule has 0 aliphatic heterocycles. The number of carboxylic acid groups (broad SMARTS) is 4. The first-order chi connectivity index (χ1) is 63.5. The zero-order valence-corrected chi connectivity index (χ0v) is 90.7. The van der Waals surface area contributed by atoms with Crippen LogP contribution in [0.3, 0.4) is 0 Å². The normalized spacial score (nSPS) is 12.0. The van der Waals surface area contributed by atoms with Crippen molar-refractivity contribution < 1.29 is 248 Å².